The average molecular weight is 247 g/mol. The maximum absolute atomic E-state index is 10.8. The topological polar surface area (TPSA) is 75.4 Å². The summed E-state index contributed by atoms with van der Waals surface area (Å²) in [5, 5.41) is 8.28. The number of hydrogen-bond acceptors (Lipinski definition) is 4. The van der Waals surface area contributed by atoms with Gasteiger partial charge in [-0.15, -0.1) is 0 Å². The van der Waals surface area contributed by atoms with Gasteiger partial charge in [0.1, 0.15) is 0 Å². The van der Waals surface area contributed by atoms with Gasteiger partial charge < -0.3 is 10.2 Å². The van der Waals surface area contributed by atoms with E-state index in [9.17, 15) is 8.42 Å². The molecule has 0 radical (unpaired) electrons. The molecule has 2 heterocycles. The highest BCUT2D eigenvalue weighted by Gasteiger charge is 2.37. The fourth-order valence-corrected chi connectivity index (χ4v) is 3.39. The highest BCUT2D eigenvalue weighted by molar-refractivity contribution is 7.89. The van der Waals surface area contributed by atoms with Crippen molar-refractivity contribution in [2.24, 2.45) is 5.14 Å². The fraction of sp³-hybridized carbons (Fsp3) is 1.00. The van der Waals surface area contributed by atoms with E-state index in [2.05, 4.69) is 17.3 Å². The molecule has 94 valence electrons. The van der Waals surface area contributed by atoms with Crippen LogP contribution in [0.25, 0.3) is 0 Å². The van der Waals surface area contributed by atoms with Crippen LogP contribution in [-0.4, -0.2) is 50.8 Å². The molecule has 6 heteroatoms. The minimum Gasteiger partial charge on any atom is -0.313 e. The van der Waals surface area contributed by atoms with E-state index >= 15 is 0 Å². The lowest BCUT2D eigenvalue weighted by Crippen LogP contribution is -2.48. The maximum Gasteiger partial charge on any atom is 0.210 e. The van der Waals surface area contributed by atoms with Crippen molar-refractivity contribution in [3.63, 3.8) is 0 Å². The Kier molecular flexibility index (Phi) is 3.53. The third-order valence-corrected chi connectivity index (χ3v) is 4.69. The first kappa shape index (κ1) is 12.3. The molecule has 2 bridgehead atoms. The SMILES string of the molecule is CN1C2CCC1CC(NCCS(N)(=O)=O)C2. The van der Waals surface area contributed by atoms with Crippen molar-refractivity contribution in [2.75, 3.05) is 19.3 Å². The first-order valence-corrected chi connectivity index (χ1v) is 7.63. The van der Waals surface area contributed by atoms with Crippen molar-refractivity contribution in [2.45, 2.75) is 43.8 Å². The second-order valence-corrected chi connectivity index (χ2v) is 6.77. The molecule has 0 aliphatic carbocycles. The van der Waals surface area contributed by atoms with E-state index in [1.165, 1.54) is 12.8 Å². The number of hydrogen-bond donors (Lipinski definition) is 2. The lowest BCUT2D eigenvalue weighted by Gasteiger charge is -2.36. The maximum atomic E-state index is 10.8. The van der Waals surface area contributed by atoms with Gasteiger partial charge in [0.25, 0.3) is 0 Å². The Bertz CT molecular complexity index is 330. The van der Waals surface area contributed by atoms with Crippen LogP contribution in [0.3, 0.4) is 0 Å². The summed E-state index contributed by atoms with van der Waals surface area (Å²) in [5.41, 5.74) is 0. The zero-order chi connectivity index (χ0) is 11.8. The third-order valence-electron chi connectivity index (χ3n) is 3.92. The van der Waals surface area contributed by atoms with Crippen LogP contribution in [0.4, 0.5) is 0 Å². The van der Waals surface area contributed by atoms with Gasteiger partial charge in [-0.05, 0) is 32.7 Å². The number of nitrogens with two attached hydrogens (primary N) is 1. The minimum atomic E-state index is -3.32. The van der Waals surface area contributed by atoms with Crippen LogP contribution in [0.1, 0.15) is 25.7 Å². The van der Waals surface area contributed by atoms with Crippen LogP contribution in [0.5, 0.6) is 0 Å². The number of nitrogens with zero attached hydrogens (tertiary/aromatic N) is 1. The molecule has 2 aliphatic heterocycles. The summed E-state index contributed by atoms with van der Waals surface area (Å²) in [6.07, 6.45) is 4.85. The number of nitrogens with one attached hydrogen (secondary N) is 1. The Balaban J connectivity index is 1.77. The monoisotopic (exact) mass is 247 g/mol. The Morgan fingerprint density at radius 2 is 1.88 bits per heavy atom. The van der Waals surface area contributed by atoms with E-state index in [0.29, 0.717) is 24.7 Å². The molecular weight excluding hydrogens is 226 g/mol. The van der Waals surface area contributed by atoms with Crippen molar-refractivity contribution in [1.82, 2.24) is 10.2 Å². The van der Waals surface area contributed by atoms with Gasteiger partial charge in [0, 0.05) is 24.7 Å². The Morgan fingerprint density at radius 3 is 2.38 bits per heavy atom. The Labute approximate surface area is 97.4 Å². The van der Waals surface area contributed by atoms with Crippen molar-refractivity contribution in [1.29, 1.82) is 0 Å². The van der Waals surface area contributed by atoms with Gasteiger partial charge in [0.15, 0.2) is 0 Å². The highest BCUT2D eigenvalue weighted by Crippen LogP contribution is 2.33. The van der Waals surface area contributed by atoms with Crippen LogP contribution >= 0.6 is 0 Å². The van der Waals surface area contributed by atoms with Crippen LogP contribution in [0, 0.1) is 0 Å². The predicted molar refractivity (Wildman–Crippen MR) is 63.6 cm³/mol. The standard InChI is InChI=1S/C10H21N3O2S/c1-13-9-2-3-10(13)7-8(6-9)12-4-5-16(11,14)15/h8-10,12H,2-7H2,1H3,(H2,11,14,15). The summed E-state index contributed by atoms with van der Waals surface area (Å²) in [4.78, 5) is 2.47. The molecule has 2 unspecified atom stereocenters. The first-order valence-electron chi connectivity index (χ1n) is 5.91. The van der Waals surface area contributed by atoms with E-state index < -0.39 is 10.0 Å². The minimum absolute atomic E-state index is 0.0364. The molecule has 0 spiro atoms. The Hall–Kier alpha value is -0.170. The summed E-state index contributed by atoms with van der Waals surface area (Å²) < 4.78 is 21.6. The summed E-state index contributed by atoms with van der Waals surface area (Å²) >= 11 is 0. The normalized spacial score (nSPS) is 35.5. The Morgan fingerprint density at radius 1 is 1.31 bits per heavy atom. The molecule has 2 saturated heterocycles. The fourth-order valence-electron chi connectivity index (χ4n) is 2.98. The molecular formula is C10H21N3O2S. The molecule has 0 aromatic carbocycles. The first-order chi connectivity index (χ1) is 7.46. The average Bonchev–Trinajstić information content (AvgIpc) is 2.41. The van der Waals surface area contributed by atoms with Gasteiger partial charge in [-0.1, -0.05) is 0 Å². The van der Waals surface area contributed by atoms with Gasteiger partial charge in [-0.2, -0.15) is 0 Å². The lowest BCUT2D eigenvalue weighted by molar-refractivity contribution is 0.150. The van der Waals surface area contributed by atoms with Crippen molar-refractivity contribution in [3.05, 3.63) is 0 Å². The number of primary sulfonamides is 1. The highest BCUT2D eigenvalue weighted by atomic mass is 32.2. The van der Waals surface area contributed by atoms with Crippen LogP contribution < -0.4 is 10.5 Å². The van der Waals surface area contributed by atoms with Crippen LogP contribution in [0.2, 0.25) is 0 Å². The van der Waals surface area contributed by atoms with E-state index in [1.54, 1.807) is 0 Å². The molecule has 0 aromatic heterocycles. The third kappa shape index (κ3) is 2.94. The lowest BCUT2D eigenvalue weighted by atomic mass is 9.98. The molecule has 0 aromatic rings. The zero-order valence-corrected chi connectivity index (χ0v) is 10.5. The van der Waals surface area contributed by atoms with Gasteiger partial charge in [0.2, 0.25) is 10.0 Å². The summed E-state index contributed by atoms with van der Waals surface area (Å²) in [6, 6.07) is 1.84. The van der Waals surface area contributed by atoms with E-state index in [0.717, 1.165) is 12.8 Å². The number of piperidine rings is 1. The van der Waals surface area contributed by atoms with E-state index in [1.807, 2.05) is 0 Å². The van der Waals surface area contributed by atoms with Crippen molar-refractivity contribution >= 4 is 10.0 Å². The quantitative estimate of drug-likeness (QED) is 0.701. The predicted octanol–water partition coefficient (Wildman–Crippen LogP) is -0.510. The second-order valence-electron chi connectivity index (χ2n) is 5.04. The van der Waals surface area contributed by atoms with Crippen LogP contribution in [-0.2, 0) is 10.0 Å². The van der Waals surface area contributed by atoms with Gasteiger partial charge >= 0.3 is 0 Å². The smallest absolute Gasteiger partial charge is 0.210 e. The van der Waals surface area contributed by atoms with Crippen molar-refractivity contribution < 1.29 is 8.42 Å². The van der Waals surface area contributed by atoms with Crippen LogP contribution in [0.15, 0.2) is 0 Å². The molecule has 2 rings (SSSR count). The molecule has 16 heavy (non-hydrogen) atoms. The molecule has 2 aliphatic rings. The van der Waals surface area contributed by atoms with Crippen molar-refractivity contribution in [3.8, 4) is 0 Å². The van der Waals surface area contributed by atoms with E-state index in [-0.39, 0.29) is 5.75 Å². The summed E-state index contributed by atoms with van der Waals surface area (Å²) in [7, 11) is -1.12. The number of rotatable bonds is 4. The van der Waals surface area contributed by atoms with Gasteiger partial charge in [0.05, 0.1) is 5.75 Å². The molecule has 2 fully saturated rings. The number of sulfonamides is 1. The summed E-state index contributed by atoms with van der Waals surface area (Å²) in [5.74, 6) is 0.0364. The number of fused-ring (bicyclic) bond motifs is 2. The molecule has 5 nitrogen and oxygen atoms in total. The molecule has 0 saturated carbocycles. The van der Waals surface area contributed by atoms with E-state index in [4.69, 9.17) is 5.14 Å². The largest absolute Gasteiger partial charge is 0.313 e. The zero-order valence-electron chi connectivity index (χ0n) is 9.72. The van der Waals surface area contributed by atoms with Gasteiger partial charge in [-0.25, -0.2) is 13.6 Å². The molecule has 0 amide bonds. The molecule has 3 N–H and O–H groups in total. The van der Waals surface area contributed by atoms with Gasteiger partial charge in [-0.3, -0.25) is 0 Å². The molecule has 2 atom stereocenters. The summed E-state index contributed by atoms with van der Waals surface area (Å²) in [6.45, 7) is 0.479. The second kappa shape index (κ2) is 4.60.